The Morgan fingerprint density at radius 3 is 2.00 bits per heavy atom. The van der Waals surface area contributed by atoms with E-state index in [1.165, 1.54) is 27.3 Å². The summed E-state index contributed by atoms with van der Waals surface area (Å²) < 4.78 is 5.24. The van der Waals surface area contributed by atoms with Crippen LogP contribution in [0, 0.1) is 20.8 Å². The third-order valence-electron chi connectivity index (χ3n) is 3.18. The molecule has 0 aliphatic heterocycles. The lowest BCUT2D eigenvalue weighted by molar-refractivity contribution is 0.414. The maximum absolute atomic E-state index is 6.71. The molecule has 1 nitrogen and oxygen atoms in total. The van der Waals surface area contributed by atoms with Crippen molar-refractivity contribution < 1.29 is 4.74 Å². The highest BCUT2D eigenvalue weighted by atomic mass is 35.7. The van der Waals surface area contributed by atoms with Crippen molar-refractivity contribution in [1.29, 1.82) is 0 Å². The molecular formula is C16H18ClOP. The van der Waals surface area contributed by atoms with Crippen LogP contribution in [-0.4, -0.2) is 7.11 Å². The molecule has 0 heterocycles. The predicted octanol–water partition coefficient (Wildman–Crippen LogP) is 4.21. The molecule has 1 atom stereocenters. The monoisotopic (exact) mass is 292 g/mol. The molecule has 0 aromatic heterocycles. The molecule has 2 aromatic carbocycles. The molecule has 3 heteroatoms. The first kappa shape index (κ1) is 14.4. The Bertz CT molecular complexity index is 595. The quantitative estimate of drug-likeness (QED) is 0.770. The summed E-state index contributed by atoms with van der Waals surface area (Å²) in [6.45, 7) is 6.31. The van der Waals surface area contributed by atoms with Crippen LogP contribution in [0.2, 0.25) is 0 Å². The van der Waals surface area contributed by atoms with Gasteiger partial charge in [-0.1, -0.05) is 35.0 Å². The first-order valence-corrected chi connectivity index (χ1v) is 8.45. The summed E-state index contributed by atoms with van der Waals surface area (Å²) in [6, 6.07) is 12.5. The first-order valence-electron chi connectivity index (χ1n) is 6.20. The molecule has 2 rings (SSSR count). The summed E-state index contributed by atoms with van der Waals surface area (Å²) in [5, 5.41) is 2.43. The van der Waals surface area contributed by atoms with E-state index in [2.05, 4.69) is 45.0 Å². The van der Waals surface area contributed by atoms with Crippen molar-refractivity contribution in [3.05, 3.63) is 53.1 Å². The van der Waals surface area contributed by atoms with Crippen LogP contribution in [-0.2, 0) is 0 Å². The number of ether oxygens (including phenoxy) is 1. The van der Waals surface area contributed by atoms with Crippen LogP contribution in [0.5, 0.6) is 5.75 Å². The summed E-state index contributed by atoms with van der Waals surface area (Å²) in [5.41, 5.74) is 3.71. The molecule has 2 aromatic rings. The SMILES string of the molecule is COc1ccc(P(Cl)c2ccc(C)cc2C)c(C)c1. The predicted molar refractivity (Wildman–Crippen MR) is 85.7 cm³/mol. The van der Waals surface area contributed by atoms with Crippen molar-refractivity contribution in [1.82, 2.24) is 0 Å². The molecular weight excluding hydrogens is 275 g/mol. The molecule has 0 bridgehead atoms. The minimum atomic E-state index is -0.826. The van der Waals surface area contributed by atoms with Crippen molar-refractivity contribution in [3.63, 3.8) is 0 Å². The van der Waals surface area contributed by atoms with E-state index in [1.54, 1.807) is 7.11 Å². The summed E-state index contributed by atoms with van der Waals surface area (Å²) in [4.78, 5) is 0. The number of hydrogen-bond donors (Lipinski definition) is 0. The summed E-state index contributed by atoms with van der Waals surface area (Å²) in [6.07, 6.45) is 0. The molecule has 0 aliphatic rings. The van der Waals surface area contributed by atoms with Crippen LogP contribution in [0.3, 0.4) is 0 Å². The molecule has 100 valence electrons. The molecule has 0 amide bonds. The van der Waals surface area contributed by atoms with Crippen molar-refractivity contribution in [2.75, 3.05) is 7.11 Å². The van der Waals surface area contributed by atoms with Gasteiger partial charge in [-0.15, -0.1) is 0 Å². The Hall–Kier alpha value is -1.04. The zero-order valence-corrected chi connectivity index (χ0v) is 13.3. The Morgan fingerprint density at radius 2 is 1.47 bits per heavy atom. The van der Waals surface area contributed by atoms with Gasteiger partial charge in [0.2, 0.25) is 0 Å². The first-order chi connectivity index (χ1) is 9.02. The Kier molecular flexibility index (Phi) is 4.50. The van der Waals surface area contributed by atoms with Crippen molar-refractivity contribution >= 4 is 29.1 Å². The zero-order chi connectivity index (χ0) is 14.0. The van der Waals surface area contributed by atoms with E-state index in [1.807, 2.05) is 12.1 Å². The van der Waals surface area contributed by atoms with Crippen molar-refractivity contribution in [2.45, 2.75) is 20.8 Å². The fourth-order valence-corrected chi connectivity index (χ4v) is 4.69. The van der Waals surface area contributed by atoms with Crippen LogP contribution >= 0.6 is 18.5 Å². The Balaban J connectivity index is 2.41. The number of hydrogen-bond acceptors (Lipinski definition) is 1. The number of halogens is 1. The van der Waals surface area contributed by atoms with Crippen LogP contribution in [0.1, 0.15) is 16.7 Å². The van der Waals surface area contributed by atoms with E-state index in [0.29, 0.717) is 0 Å². The fraction of sp³-hybridized carbons (Fsp3) is 0.250. The van der Waals surface area contributed by atoms with Gasteiger partial charge in [-0.25, -0.2) is 0 Å². The van der Waals surface area contributed by atoms with Gasteiger partial charge in [-0.3, -0.25) is 0 Å². The minimum absolute atomic E-state index is 0.826. The van der Waals surface area contributed by atoms with Gasteiger partial charge in [-0.05, 0) is 60.7 Å². The highest BCUT2D eigenvalue weighted by Crippen LogP contribution is 2.41. The normalized spacial score (nSPS) is 12.3. The van der Waals surface area contributed by atoms with Gasteiger partial charge in [0.1, 0.15) is 5.75 Å². The summed E-state index contributed by atoms with van der Waals surface area (Å²) >= 11 is 6.71. The van der Waals surface area contributed by atoms with Gasteiger partial charge in [0.15, 0.2) is 0 Å². The molecule has 0 radical (unpaired) electrons. The number of rotatable bonds is 3. The second-order valence-electron chi connectivity index (χ2n) is 4.72. The number of methoxy groups -OCH3 is 1. The largest absolute Gasteiger partial charge is 0.497 e. The Morgan fingerprint density at radius 1 is 0.895 bits per heavy atom. The van der Waals surface area contributed by atoms with Gasteiger partial charge in [-0.2, -0.15) is 0 Å². The van der Waals surface area contributed by atoms with E-state index in [0.717, 1.165) is 5.75 Å². The minimum Gasteiger partial charge on any atom is -0.497 e. The third-order valence-corrected chi connectivity index (χ3v) is 6.12. The topological polar surface area (TPSA) is 9.23 Å². The van der Waals surface area contributed by atoms with E-state index < -0.39 is 7.27 Å². The zero-order valence-electron chi connectivity index (χ0n) is 11.7. The lowest BCUT2D eigenvalue weighted by Crippen LogP contribution is -2.13. The number of aryl methyl sites for hydroxylation is 3. The van der Waals surface area contributed by atoms with Crippen LogP contribution in [0.15, 0.2) is 36.4 Å². The van der Waals surface area contributed by atoms with E-state index in [-0.39, 0.29) is 0 Å². The average Bonchev–Trinajstić information content (AvgIpc) is 2.37. The maximum Gasteiger partial charge on any atom is 0.119 e. The van der Waals surface area contributed by atoms with Gasteiger partial charge >= 0.3 is 0 Å². The van der Waals surface area contributed by atoms with Crippen LogP contribution in [0.25, 0.3) is 0 Å². The summed E-state index contributed by atoms with van der Waals surface area (Å²) in [7, 11) is 0.857. The molecule has 19 heavy (non-hydrogen) atoms. The average molecular weight is 293 g/mol. The lowest BCUT2D eigenvalue weighted by Gasteiger charge is -2.16. The van der Waals surface area contributed by atoms with E-state index >= 15 is 0 Å². The highest BCUT2D eigenvalue weighted by molar-refractivity contribution is 7.95. The van der Waals surface area contributed by atoms with Crippen molar-refractivity contribution in [2.24, 2.45) is 0 Å². The molecule has 0 spiro atoms. The van der Waals surface area contributed by atoms with Crippen molar-refractivity contribution in [3.8, 4) is 5.75 Å². The second kappa shape index (κ2) is 5.94. The highest BCUT2D eigenvalue weighted by Gasteiger charge is 2.15. The van der Waals surface area contributed by atoms with Gasteiger partial charge in [0.25, 0.3) is 0 Å². The molecule has 0 saturated carbocycles. The Labute approximate surface area is 121 Å². The smallest absolute Gasteiger partial charge is 0.119 e. The molecule has 0 saturated heterocycles. The van der Waals surface area contributed by atoms with E-state index in [9.17, 15) is 0 Å². The van der Waals surface area contributed by atoms with Crippen LogP contribution < -0.4 is 15.3 Å². The lowest BCUT2D eigenvalue weighted by atomic mass is 10.2. The molecule has 0 aliphatic carbocycles. The third kappa shape index (κ3) is 3.11. The summed E-state index contributed by atoms with van der Waals surface area (Å²) in [5.74, 6) is 0.877. The van der Waals surface area contributed by atoms with Crippen LogP contribution in [0.4, 0.5) is 0 Å². The van der Waals surface area contributed by atoms with Gasteiger partial charge < -0.3 is 4.74 Å². The molecule has 1 unspecified atom stereocenters. The molecule has 0 N–H and O–H groups in total. The van der Waals surface area contributed by atoms with E-state index in [4.69, 9.17) is 16.0 Å². The fourth-order valence-electron chi connectivity index (χ4n) is 2.13. The standard InChI is InChI=1S/C16H18ClOP/c1-11-5-7-15(12(2)9-11)19(17)16-8-6-14(18-4)10-13(16)3/h5-10H,1-4H3. The number of benzene rings is 2. The maximum atomic E-state index is 6.71. The van der Waals surface area contributed by atoms with Gasteiger partial charge in [0, 0.05) is 0 Å². The van der Waals surface area contributed by atoms with Gasteiger partial charge in [0.05, 0.1) is 14.4 Å². The molecule has 0 fully saturated rings. The second-order valence-corrected chi connectivity index (χ2v) is 7.26.